The van der Waals surface area contributed by atoms with E-state index in [0.717, 1.165) is 31.7 Å². The predicted molar refractivity (Wildman–Crippen MR) is 109 cm³/mol. The summed E-state index contributed by atoms with van der Waals surface area (Å²) in [4.78, 5) is 23.4. The van der Waals surface area contributed by atoms with Crippen molar-refractivity contribution < 1.29 is 37.0 Å². The van der Waals surface area contributed by atoms with Crippen LogP contribution >= 0.6 is 0 Å². The van der Waals surface area contributed by atoms with Crippen LogP contribution in [0.25, 0.3) is 0 Å². The first-order valence-electron chi connectivity index (χ1n) is 10.0. The molecule has 0 spiro atoms. The third kappa shape index (κ3) is 6.53. The summed E-state index contributed by atoms with van der Waals surface area (Å²) in [7, 11) is 1.28. The molecule has 0 aliphatic heterocycles. The van der Waals surface area contributed by atoms with Crippen LogP contribution in [0, 0.1) is 0 Å². The van der Waals surface area contributed by atoms with E-state index in [0.29, 0.717) is 5.56 Å². The number of hydrogen-bond acceptors (Lipinski definition) is 5. The summed E-state index contributed by atoms with van der Waals surface area (Å²) in [5.74, 6) is -0.112. The van der Waals surface area contributed by atoms with E-state index in [1.165, 1.54) is 31.4 Å². The highest BCUT2D eigenvalue weighted by Gasteiger charge is 2.35. The molecule has 2 amide bonds. The first kappa shape index (κ1) is 23.2. The topological polar surface area (TPSA) is 85.9 Å². The second-order valence-corrected chi connectivity index (χ2v) is 7.26. The van der Waals surface area contributed by atoms with E-state index in [1.54, 1.807) is 12.1 Å². The van der Waals surface area contributed by atoms with Crippen molar-refractivity contribution in [3.05, 3.63) is 53.6 Å². The lowest BCUT2D eigenvalue weighted by Gasteiger charge is -2.15. The van der Waals surface area contributed by atoms with Crippen LogP contribution in [0.5, 0.6) is 17.2 Å². The fourth-order valence-corrected chi connectivity index (χ4v) is 3.31. The van der Waals surface area contributed by atoms with Crippen LogP contribution in [0.15, 0.2) is 42.5 Å². The summed E-state index contributed by atoms with van der Waals surface area (Å²) in [6.07, 6.45) is -2.50. The van der Waals surface area contributed by atoms with E-state index in [-0.39, 0.29) is 29.8 Å². The molecule has 10 heteroatoms. The van der Waals surface area contributed by atoms with Gasteiger partial charge in [-0.3, -0.25) is 0 Å². The summed E-state index contributed by atoms with van der Waals surface area (Å²) in [6, 6.07) is 9.55. The van der Waals surface area contributed by atoms with Crippen LogP contribution in [0.1, 0.15) is 36.8 Å². The average molecular weight is 452 g/mol. The molecule has 1 aliphatic carbocycles. The van der Waals surface area contributed by atoms with Gasteiger partial charge in [-0.2, -0.15) is 13.2 Å². The van der Waals surface area contributed by atoms with Gasteiger partial charge >= 0.3 is 18.4 Å². The third-order valence-corrected chi connectivity index (χ3v) is 4.94. The number of carbonyl (C=O) groups excluding carboxylic acids is 2. The molecule has 0 radical (unpaired) electrons. The highest BCUT2D eigenvalue weighted by molar-refractivity contribution is 5.83. The lowest BCUT2D eigenvalue weighted by atomic mass is 10.1. The molecule has 0 unspecified atom stereocenters. The summed E-state index contributed by atoms with van der Waals surface area (Å²) in [5.41, 5.74) is -0.322. The Balaban J connectivity index is 1.53. The summed E-state index contributed by atoms with van der Waals surface area (Å²) in [5, 5.41) is 5.07. The molecule has 2 N–H and O–H groups in total. The largest absolute Gasteiger partial charge is 0.497 e. The summed E-state index contributed by atoms with van der Waals surface area (Å²) in [6.45, 7) is 0.0617. The predicted octanol–water partition coefficient (Wildman–Crippen LogP) is 5.38. The molecule has 32 heavy (non-hydrogen) atoms. The van der Waals surface area contributed by atoms with Crippen LogP contribution in [0.2, 0.25) is 0 Å². The van der Waals surface area contributed by atoms with Crippen molar-refractivity contribution in [3.8, 4) is 17.2 Å². The first-order valence-corrected chi connectivity index (χ1v) is 10.0. The molecule has 1 saturated carbocycles. The Hall–Kier alpha value is -3.43. The second-order valence-electron chi connectivity index (χ2n) is 7.26. The van der Waals surface area contributed by atoms with Gasteiger partial charge in [-0.1, -0.05) is 25.0 Å². The molecule has 0 atom stereocenters. The van der Waals surface area contributed by atoms with Gasteiger partial charge in [-0.05, 0) is 48.7 Å². The number of alkyl halides is 3. The van der Waals surface area contributed by atoms with Crippen molar-refractivity contribution in [1.82, 2.24) is 10.6 Å². The number of ether oxygens (including phenoxy) is 3. The molecular weight excluding hydrogens is 429 g/mol. The van der Waals surface area contributed by atoms with E-state index in [9.17, 15) is 22.8 Å². The van der Waals surface area contributed by atoms with Gasteiger partial charge in [-0.25, -0.2) is 9.59 Å². The molecule has 0 heterocycles. The molecule has 7 nitrogen and oxygen atoms in total. The zero-order valence-electron chi connectivity index (χ0n) is 17.3. The van der Waals surface area contributed by atoms with Gasteiger partial charge in [0.1, 0.15) is 22.8 Å². The highest BCUT2D eigenvalue weighted by Crippen LogP contribution is 2.40. The molecule has 172 valence electrons. The van der Waals surface area contributed by atoms with Crippen molar-refractivity contribution in [2.75, 3.05) is 7.11 Å². The van der Waals surface area contributed by atoms with E-state index >= 15 is 0 Å². The highest BCUT2D eigenvalue weighted by atomic mass is 19.4. The minimum absolute atomic E-state index is 0.0337. The molecule has 2 aromatic rings. The number of benzene rings is 2. The monoisotopic (exact) mass is 452 g/mol. The first-order chi connectivity index (χ1) is 15.2. The van der Waals surface area contributed by atoms with Crippen LogP contribution in [0.3, 0.4) is 0 Å². The number of hydrogen-bond donors (Lipinski definition) is 2. The average Bonchev–Trinajstić information content (AvgIpc) is 3.25. The number of halogens is 3. The van der Waals surface area contributed by atoms with Gasteiger partial charge in [-0.15, -0.1) is 0 Å². The zero-order chi connectivity index (χ0) is 23.1. The van der Waals surface area contributed by atoms with Crippen molar-refractivity contribution in [3.63, 3.8) is 0 Å². The van der Waals surface area contributed by atoms with Crippen LogP contribution in [0.4, 0.5) is 22.8 Å². The van der Waals surface area contributed by atoms with Crippen molar-refractivity contribution >= 4 is 12.2 Å². The van der Waals surface area contributed by atoms with Gasteiger partial charge in [0.2, 0.25) is 0 Å². The number of amides is 2. The Morgan fingerprint density at radius 1 is 1.00 bits per heavy atom. The van der Waals surface area contributed by atoms with E-state index < -0.39 is 23.9 Å². The van der Waals surface area contributed by atoms with Crippen LogP contribution in [-0.2, 0) is 17.5 Å². The number of rotatable bonds is 6. The molecule has 0 aromatic heterocycles. The maximum atomic E-state index is 13.3. The number of alkyl carbamates (subject to hydrolysis) is 2. The Labute approximate surface area is 182 Å². The maximum absolute atomic E-state index is 13.3. The third-order valence-electron chi connectivity index (χ3n) is 4.94. The SMILES string of the molecule is COc1ccc(Oc2ccc(CNC(=O)OC(=O)NC3CCCC3)cc2)c(C(F)(F)F)c1. The molecule has 1 aliphatic rings. The zero-order valence-corrected chi connectivity index (χ0v) is 17.3. The Morgan fingerprint density at radius 2 is 1.66 bits per heavy atom. The molecular formula is C22H23F3N2O5. The van der Waals surface area contributed by atoms with Gasteiger partial charge in [0, 0.05) is 12.6 Å². The van der Waals surface area contributed by atoms with Crippen LogP contribution in [-0.4, -0.2) is 25.3 Å². The Kier molecular flexibility index (Phi) is 7.45. The van der Waals surface area contributed by atoms with E-state index in [1.807, 2.05) is 0 Å². The van der Waals surface area contributed by atoms with Gasteiger partial charge in [0.25, 0.3) is 0 Å². The molecule has 0 saturated heterocycles. The minimum atomic E-state index is -4.61. The van der Waals surface area contributed by atoms with Crippen molar-refractivity contribution in [2.24, 2.45) is 0 Å². The molecule has 3 rings (SSSR count). The minimum Gasteiger partial charge on any atom is -0.497 e. The van der Waals surface area contributed by atoms with E-state index in [2.05, 4.69) is 15.4 Å². The normalized spacial score (nSPS) is 14.0. The summed E-state index contributed by atoms with van der Waals surface area (Å²) >= 11 is 0. The number of nitrogens with one attached hydrogen (secondary N) is 2. The number of methoxy groups -OCH3 is 1. The molecule has 1 fully saturated rings. The van der Waals surface area contributed by atoms with Gasteiger partial charge in [0.15, 0.2) is 0 Å². The maximum Gasteiger partial charge on any atom is 0.420 e. The standard InChI is InChI=1S/C22H23F3N2O5/c1-30-17-10-11-19(18(12-17)22(23,24)25)31-16-8-6-14(7-9-16)13-26-20(28)32-21(29)27-15-4-2-3-5-15/h6-12,15H,2-5,13H2,1H3,(H,26,28)(H,27,29). The number of carbonyl (C=O) groups is 2. The van der Waals surface area contributed by atoms with Gasteiger partial charge in [0.05, 0.1) is 7.11 Å². The second kappa shape index (κ2) is 10.3. The lowest BCUT2D eigenvalue weighted by Crippen LogP contribution is -2.37. The van der Waals surface area contributed by atoms with E-state index in [4.69, 9.17) is 9.47 Å². The summed E-state index contributed by atoms with van der Waals surface area (Å²) < 4.78 is 54.8. The fourth-order valence-electron chi connectivity index (χ4n) is 3.31. The van der Waals surface area contributed by atoms with Crippen molar-refractivity contribution in [2.45, 2.75) is 44.4 Å². The van der Waals surface area contributed by atoms with Crippen LogP contribution < -0.4 is 20.1 Å². The Morgan fingerprint density at radius 3 is 2.28 bits per heavy atom. The Bertz CT molecular complexity index is 942. The van der Waals surface area contributed by atoms with Crippen molar-refractivity contribution in [1.29, 1.82) is 0 Å². The van der Waals surface area contributed by atoms with Gasteiger partial charge < -0.3 is 24.8 Å². The lowest BCUT2D eigenvalue weighted by molar-refractivity contribution is -0.138. The fraction of sp³-hybridized carbons (Fsp3) is 0.364. The quantitative estimate of drug-likeness (QED) is 0.575. The molecule has 2 aromatic carbocycles. The smallest absolute Gasteiger partial charge is 0.420 e. The molecule has 0 bridgehead atoms.